The van der Waals surface area contributed by atoms with Gasteiger partial charge in [0.15, 0.2) is 0 Å². The van der Waals surface area contributed by atoms with Crippen LogP contribution >= 0.6 is 0 Å². The normalized spacial score (nSPS) is 12.1. The van der Waals surface area contributed by atoms with E-state index in [1.807, 2.05) is 26.0 Å². The van der Waals surface area contributed by atoms with Crippen LogP contribution in [-0.4, -0.2) is 23.6 Å². The van der Waals surface area contributed by atoms with Gasteiger partial charge in [-0.3, -0.25) is 9.99 Å². The van der Waals surface area contributed by atoms with Gasteiger partial charge in [-0.1, -0.05) is 19.4 Å². The molecule has 0 saturated heterocycles. The van der Waals surface area contributed by atoms with Crippen molar-refractivity contribution in [1.82, 2.24) is 15.3 Å². The zero-order valence-corrected chi connectivity index (χ0v) is 12.3. The van der Waals surface area contributed by atoms with Crippen molar-refractivity contribution in [2.45, 2.75) is 33.6 Å². The van der Waals surface area contributed by atoms with Crippen molar-refractivity contribution in [1.29, 1.82) is 0 Å². The Morgan fingerprint density at radius 2 is 2.05 bits per heavy atom. The smallest absolute Gasteiger partial charge is 0.141 e. The third kappa shape index (κ3) is 4.13. The average molecular weight is 263 g/mol. The lowest BCUT2D eigenvalue weighted by Crippen LogP contribution is -2.36. The predicted molar refractivity (Wildman–Crippen MR) is 79.7 cm³/mol. The molecule has 0 unspecified atom stereocenters. The Labute approximate surface area is 115 Å². The van der Waals surface area contributed by atoms with E-state index in [4.69, 9.17) is 11.6 Å². The van der Waals surface area contributed by atoms with Gasteiger partial charge in [0.05, 0.1) is 11.4 Å². The lowest BCUT2D eigenvalue weighted by molar-refractivity contribution is 0.401. The summed E-state index contributed by atoms with van der Waals surface area (Å²) in [5, 5.41) is 4.77. The van der Waals surface area contributed by atoms with E-state index in [1.54, 1.807) is 7.05 Å². The maximum atomic E-state index is 6.17. The fourth-order valence-electron chi connectivity index (χ4n) is 1.70. The van der Waals surface area contributed by atoms with Crippen molar-refractivity contribution in [3.05, 3.63) is 34.9 Å². The largest absolute Gasteiger partial charge is 0.394 e. The number of pyridine rings is 1. The summed E-state index contributed by atoms with van der Waals surface area (Å²) in [6.07, 6.45) is 2.20. The molecule has 1 aromatic rings. The summed E-state index contributed by atoms with van der Waals surface area (Å²) in [5.41, 5.74) is 9.63. The topological polar surface area (TPSA) is 80.2 Å². The van der Waals surface area contributed by atoms with Crippen molar-refractivity contribution in [2.75, 3.05) is 13.6 Å². The Morgan fingerprint density at radius 3 is 2.58 bits per heavy atom. The van der Waals surface area contributed by atoms with E-state index in [0.29, 0.717) is 11.5 Å². The molecule has 0 bridgehead atoms. The number of aryl methyl sites for hydroxylation is 2. The summed E-state index contributed by atoms with van der Waals surface area (Å²) in [6.45, 7) is 6.99. The van der Waals surface area contributed by atoms with Crippen molar-refractivity contribution in [2.24, 2.45) is 11.6 Å². The fourth-order valence-corrected chi connectivity index (χ4v) is 1.70. The molecule has 5 heteroatoms. The molecule has 106 valence electrons. The van der Waals surface area contributed by atoms with Gasteiger partial charge < -0.3 is 11.1 Å². The lowest BCUT2D eigenvalue weighted by Gasteiger charge is -2.21. The Bertz CT molecular complexity index is 451. The van der Waals surface area contributed by atoms with Gasteiger partial charge in [-0.15, -0.1) is 0 Å². The third-order valence-corrected chi connectivity index (χ3v) is 3.06. The summed E-state index contributed by atoms with van der Waals surface area (Å²) < 4.78 is 0. The van der Waals surface area contributed by atoms with Gasteiger partial charge in [0, 0.05) is 19.3 Å². The first kappa shape index (κ1) is 15.3. The van der Waals surface area contributed by atoms with Crippen molar-refractivity contribution in [3.8, 4) is 0 Å². The molecule has 0 aliphatic rings. The number of rotatable bonds is 6. The quantitative estimate of drug-likeness (QED) is 0.411. The molecule has 1 heterocycles. The number of hydrogen-bond acceptors (Lipinski definition) is 5. The van der Waals surface area contributed by atoms with E-state index < -0.39 is 0 Å². The molecule has 0 fully saturated rings. The Kier molecular flexibility index (Phi) is 5.63. The molecule has 0 aromatic carbocycles. The second-order valence-corrected chi connectivity index (χ2v) is 4.75. The van der Waals surface area contributed by atoms with Crippen LogP contribution in [0.25, 0.3) is 5.70 Å². The number of unbranched alkanes of at least 4 members (excludes halogenated alkanes) is 1. The second-order valence-electron chi connectivity index (χ2n) is 4.75. The first-order chi connectivity index (χ1) is 8.97. The summed E-state index contributed by atoms with van der Waals surface area (Å²) >= 11 is 0. The van der Waals surface area contributed by atoms with Crippen LogP contribution in [0.2, 0.25) is 0 Å². The van der Waals surface area contributed by atoms with Crippen LogP contribution in [-0.2, 0) is 0 Å². The Morgan fingerprint density at radius 1 is 1.37 bits per heavy atom. The summed E-state index contributed by atoms with van der Waals surface area (Å²) in [7, 11) is 1.77. The van der Waals surface area contributed by atoms with Gasteiger partial charge in [-0.05, 0) is 31.9 Å². The van der Waals surface area contributed by atoms with E-state index in [1.165, 1.54) is 5.01 Å². The summed E-state index contributed by atoms with van der Waals surface area (Å²) in [6, 6.07) is 3.94. The van der Waals surface area contributed by atoms with Crippen LogP contribution in [0.4, 0.5) is 0 Å². The molecular weight excluding hydrogens is 238 g/mol. The number of hydrazine groups is 1. The maximum Gasteiger partial charge on any atom is 0.141 e. The Balaban J connectivity index is 3.02. The predicted octanol–water partition coefficient (Wildman–Crippen LogP) is 1.48. The molecule has 0 aliphatic carbocycles. The zero-order chi connectivity index (χ0) is 14.4. The number of nitrogens with one attached hydrogen (secondary N) is 1. The van der Waals surface area contributed by atoms with Crippen molar-refractivity contribution in [3.63, 3.8) is 0 Å². The molecular formula is C14H25N5. The van der Waals surface area contributed by atoms with Crippen LogP contribution in [0, 0.1) is 13.8 Å². The molecule has 5 nitrogen and oxygen atoms in total. The minimum atomic E-state index is 0.573. The van der Waals surface area contributed by atoms with Gasteiger partial charge in [-0.2, -0.15) is 0 Å². The highest BCUT2D eigenvalue weighted by atomic mass is 15.4. The van der Waals surface area contributed by atoms with Crippen molar-refractivity contribution >= 4 is 5.70 Å². The van der Waals surface area contributed by atoms with Gasteiger partial charge in [0.1, 0.15) is 5.82 Å². The highest BCUT2D eigenvalue weighted by molar-refractivity contribution is 5.62. The minimum absolute atomic E-state index is 0.573. The molecule has 5 N–H and O–H groups in total. The molecule has 1 rings (SSSR count). The molecule has 0 amide bonds. The van der Waals surface area contributed by atoms with E-state index in [9.17, 15) is 0 Å². The van der Waals surface area contributed by atoms with Gasteiger partial charge in [0.2, 0.25) is 0 Å². The average Bonchev–Trinajstić information content (AvgIpc) is 2.37. The molecule has 0 aliphatic heterocycles. The van der Waals surface area contributed by atoms with Gasteiger partial charge in [-0.25, -0.2) is 5.84 Å². The molecule has 19 heavy (non-hydrogen) atoms. The molecule has 1 aromatic heterocycles. The number of nitrogens with zero attached hydrogens (tertiary/aromatic N) is 2. The SMILES string of the molecule is CCCCN/C(=C(/N)c1ccc(C)c(C)n1)N(C)N. The number of nitrogens with two attached hydrogens (primary N) is 2. The van der Waals surface area contributed by atoms with E-state index in [-0.39, 0.29) is 0 Å². The van der Waals surface area contributed by atoms with E-state index in [2.05, 4.69) is 17.2 Å². The first-order valence-corrected chi connectivity index (χ1v) is 6.64. The zero-order valence-electron chi connectivity index (χ0n) is 12.3. The van der Waals surface area contributed by atoms with Crippen LogP contribution < -0.4 is 16.9 Å². The fraction of sp³-hybridized carbons (Fsp3) is 0.500. The highest BCUT2D eigenvalue weighted by Crippen LogP contribution is 2.13. The molecule has 0 spiro atoms. The standard InChI is InChI=1S/C14H25N5/c1-5-6-9-17-14(19(4)16)13(15)12-8-7-10(2)11(3)18-12/h7-8,17H,5-6,9,15-16H2,1-4H3/b14-13-. The third-order valence-electron chi connectivity index (χ3n) is 3.06. The van der Waals surface area contributed by atoms with E-state index in [0.717, 1.165) is 36.3 Å². The van der Waals surface area contributed by atoms with Crippen molar-refractivity contribution < 1.29 is 0 Å². The molecule has 0 atom stereocenters. The molecule has 0 radical (unpaired) electrons. The molecule has 0 saturated carbocycles. The first-order valence-electron chi connectivity index (χ1n) is 6.64. The van der Waals surface area contributed by atoms with Crippen LogP contribution in [0.3, 0.4) is 0 Å². The van der Waals surface area contributed by atoms with Gasteiger partial charge in [0.25, 0.3) is 0 Å². The highest BCUT2D eigenvalue weighted by Gasteiger charge is 2.10. The summed E-state index contributed by atoms with van der Waals surface area (Å²) in [4.78, 5) is 4.50. The monoisotopic (exact) mass is 263 g/mol. The van der Waals surface area contributed by atoms with Crippen LogP contribution in [0.15, 0.2) is 18.0 Å². The van der Waals surface area contributed by atoms with E-state index >= 15 is 0 Å². The van der Waals surface area contributed by atoms with Crippen LogP contribution in [0.5, 0.6) is 0 Å². The number of hydrogen-bond donors (Lipinski definition) is 3. The minimum Gasteiger partial charge on any atom is -0.394 e. The Hall–Kier alpha value is -1.75. The van der Waals surface area contributed by atoms with Crippen LogP contribution in [0.1, 0.15) is 36.7 Å². The summed E-state index contributed by atoms with van der Waals surface area (Å²) in [5.74, 6) is 6.54. The van der Waals surface area contributed by atoms with Gasteiger partial charge >= 0.3 is 0 Å². The maximum absolute atomic E-state index is 6.17. The second kappa shape index (κ2) is 6.99. The lowest BCUT2D eigenvalue weighted by atomic mass is 10.2. The number of aromatic nitrogens is 1.